The number of Topliss-reactive ketones (excluding diaryl/α,β-unsaturated/α-hetero) is 1. The van der Waals surface area contributed by atoms with Crippen molar-refractivity contribution in [2.24, 2.45) is 5.92 Å². The van der Waals surface area contributed by atoms with Crippen molar-refractivity contribution in [3.8, 4) is 0 Å². The summed E-state index contributed by atoms with van der Waals surface area (Å²) in [6.45, 7) is 2.24. The maximum Gasteiger partial charge on any atom is 0.138 e. The fraction of sp³-hybridized carbons (Fsp3) is 0.615. The maximum atomic E-state index is 11.9. The predicted octanol–water partition coefficient (Wildman–Crippen LogP) is 3.40. The van der Waals surface area contributed by atoms with E-state index in [2.05, 4.69) is 21.2 Å². The third kappa shape index (κ3) is 4.19. The Hall–Kier alpha value is -0.190. The molecule has 1 unspecified atom stereocenters. The van der Waals surface area contributed by atoms with Crippen molar-refractivity contribution < 1.29 is 4.79 Å². The van der Waals surface area contributed by atoms with Crippen LogP contribution in [0.1, 0.15) is 30.6 Å². The Bertz CT molecular complexity index is 371. The number of hydrogen-bond donors (Lipinski definition) is 1. The molecule has 0 bridgehead atoms. The molecule has 1 atom stereocenters. The van der Waals surface area contributed by atoms with Gasteiger partial charge in [-0.3, -0.25) is 4.79 Å². The van der Waals surface area contributed by atoms with Gasteiger partial charge in [-0.25, -0.2) is 0 Å². The van der Waals surface area contributed by atoms with Gasteiger partial charge in [-0.15, -0.1) is 11.3 Å². The molecule has 0 amide bonds. The van der Waals surface area contributed by atoms with Gasteiger partial charge < -0.3 is 5.32 Å². The average Bonchev–Trinajstić information content (AvgIpc) is 2.74. The Labute approximate surface area is 115 Å². The first-order valence-corrected chi connectivity index (χ1v) is 7.87. The van der Waals surface area contributed by atoms with Crippen molar-refractivity contribution in [3.05, 3.63) is 20.8 Å². The fourth-order valence-corrected chi connectivity index (χ4v) is 3.78. The highest BCUT2D eigenvalue weighted by atomic mass is 79.9. The van der Waals surface area contributed by atoms with E-state index < -0.39 is 0 Å². The second-order valence-electron chi connectivity index (χ2n) is 4.66. The van der Waals surface area contributed by atoms with Gasteiger partial charge >= 0.3 is 0 Å². The van der Waals surface area contributed by atoms with E-state index in [1.165, 1.54) is 12.8 Å². The molecule has 0 spiro atoms. The zero-order chi connectivity index (χ0) is 12.1. The first kappa shape index (κ1) is 13.2. The van der Waals surface area contributed by atoms with E-state index in [4.69, 9.17) is 0 Å². The summed E-state index contributed by atoms with van der Waals surface area (Å²) in [5, 5.41) is 5.42. The lowest BCUT2D eigenvalue weighted by atomic mass is 9.93. The van der Waals surface area contributed by atoms with Crippen molar-refractivity contribution >= 4 is 33.0 Å². The summed E-state index contributed by atoms with van der Waals surface area (Å²) >= 11 is 5.13. The standard InChI is InChI=1S/C13H18BrNOS/c14-12-5-7-17-13(12)8-11(16)4-3-10-2-1-6-15-9-10/h5,7,10,15H,1-4,6,8-9H2. The van der Waals surface area contributed by atoms with Crippen LogP contribution in [0.4, 0.5) is 0 Å². The van der Waals surface area contributed by atoms with Crippen LogP contribution < -0.4 is 5.32 Å². The average molecular weight is 316 g/mol. The van der Waals surface area contributed by atoms with Gasteiger partial charge in [-0.05, 0) is 65.6 Å². The monoisotopic (exact) mass is 315 g/mol. The van der Waals surface area contributed by atoms with Crippen LogP contribution in [0.3, 0.4) is 0 Å². The molecular weight excluding hydrogens is 298 g/mol. The summed E-state index contributed by atoms with van der Waals surface area (Å²) in [6, 6.07) is 2.01. The highest BCUT2D eigenvalue weighted by Gasteiger charge is 2.15. The molecule has 2 heterocycles. The molecule has 1 aromatic rings. The summed E-state index contributed by atoms with van der Waals surface area (Å²) in [5.74, 6) is 1.08. The van der Waals surface area contributed by atoms with Crippen LogP contribution in [0.2, 0.25) is 0 Å². The molecule has 0 aromatic carbocycles. The summed E-state index contributed by atoms with van der Waals surface area (Å²) in [7, 11) is 0. The van der Waals surface area contributed by atoms with Crippen LogP contribution in [0.15, 0.2) is 15.9 Å². The lowest BCUT2D eigenvalue weighted by Crippen LogP contribution is -2.30. The molecule has 1 aliphatic heterocycles. The summed E-state index contributed by atoms with van der Waals surface area (Å²) in [5.41, 5.74) is 0. The normalized spacial score (nSPS) is 20.4. The van der Waals surface area contributed by atoms with E-state index in [0.29, 0.717) is 18.1 Å². The van der Waals surface area contributed by atoms with Gasteiger partial charge in [-0.1, -0.05) is 0 Å². The number of rotatable bonds is 5. The second kappa shape index (κ2) is 6.66. The third-order valence-corrected chi connectivity index (χ3v) is 5.21. The van der Waals surface area contributed by atoms with Crippen molar-refractivity contribution in [2.75, 3.05) is 13.1 Å². The Morgan fingerprint density at radius 3 is 3.12 bits per heavy atom. The van der Waals surface area contributed by atoms with Gasteiger partial charge in [0.15, 0.2) is 0 Å². The Balaban J connectivity index is 1.72. The lowest BCUT2D eigenvalue weighted by molar-refractivity contribution is -0.118. The Kier molecular flexibility index (Phi) is 5.19. The molecule has 1 fully saturated rings. The van der Waals surface area contributed by atoms with Crippen LogP contribution in [0.5, 0.6) is 0 Å². The van der Waals surface area contributed by atoms with Gasteiger partial charge in [-0.2, -0.15) is 0 Å². The first-order valence-electron chi connectivity index (χ1n) is 6.20. The highest BCUT2D eigenvalue weighted by Crippen LogP contribution is 2.24. The molecule has 0 aliphatic carbocycles. The smallest absolute Gasteiger partial charge is 0.138 e. The number of carbonyl (C=O) groups excluding carboxylic acids is 1. The zero-order valence-corrected chi connectivity index (χ0v) is 12.3. The van der Waals surface area contributed by atoms with Gasteiger partial charge in [0, 0.05) is 22.2 Å². The van der Waals surface area contributed by atoms with Crippen LogP contribution >= 0.6 is 27.3 Å². The molecule has 17 heavy (non-hydrogen) atoms. The minimum Gasteiger partial charge on any atom is -0.316 e. The number of halogens is 1. The van der Waals surface area contributed by atoms with Gasteiger partial charge in [0.2, 0.25) is 0 Å². The topological polar surface area (TPSA) is 29.1 Å². The first-order chi connectivity index (χ1) is 8.25. The van der Waals surface area contributed by atoms with Crippen molar-refractivity contribution in [1.29, 1.82) is 0 Å². The molecule has 1 aromatic heterocycles. The quantitative estimate of drug-likeness (QED) is 0.902. The Morgan fingerprint density at radius 1 is 1.59 bits per heavy atom. The maximum absolute atomic E-state index is 11.9. The van der Waals surface area contributed by atoms with Gasteiger partial charge in [0.05, 0.1) is 0 Å². The van der Waals surface area contributed by atoms with Crippen molar-refractivity contribution in [3.63, 3.8) is 0 Å². The molecule has 2 rings (SSSR count). The van der Waals surface area contributed by atoms with Crippen LogP contribution in [0, 0.1) is 5.92 Å². The fourth-order valence-electron chi connectivity index (χ4n) is 2.25. The minimum absolute atomic E-state index is 0.374. The van der Waals surface area contributed by atoms with Crippen LogP contribution in [-0.2, 0) is 11.2 Å². The molecule has 2 nitrogen and oxygen atoms in total. The second-order valence-corrected chi connectivity index (χ2v) is 6.51. The molecule has 1 aliphatic rings. The molecule has 1 N–H and O–H groups in total. The summed E-state index contributed by atoms with van der Waals surface area (Å²) < 4.78 is 1.08. The molecular formula is C13H18BrNOS. The molecule has 1 saturated heterocycles. The molecule has 0 radical (unpaired) electrons. The Morgan fingerprint density at radius 2 is 2.47 bits per heavy atom. The number of hydrogen-bond acceptors (Lipinski definition) is 3. The van der Waals surface area contributed by atoms with Crippen LogP contribution in [0.25, 0.3) is 0 Å². The number of ketones is 1. The SMILES string of the molecule is O=C(CCC1CCCNC1)Cc1sccc1Br. The summed E-state index contributed by atoms with van der Waals surface area (Å²) in [4.78, 5) is 13.0. The van der Waals surface area contributed by atoms with Crippen LogP contribution in [-0.4, -0.2) is 18.9 Å². The number of carbonyl (C=O) groups is 1. The molecule has 4 heteroatoms. The van der Waals surface area contributed by atoms with E-state index in [9.17, 15) is 4.79 Å². The highest BCUT2D eigenvalue weighted by molar-refractivity contribution is 9.10. The minimum atomic E-state index is 0.374. The molecule has 0 saturated carbocycles. The van der Waals surface area contributed by atoms with Crippen molar-refractivity contribution in [2.45, 2.75) is 32.1 Å². The number of thiophene rings is 1. The van der Waals surface area contributed by atoms with E-state index in [1.54, 1.807) is 11.3 Å². The van der Waals surface area contributed by atoms with E-state index in [-0.39, 0.29) is 0 Å². The van der Waals surface area contributed by atoms with E-state index in [0.717, 1.165) is 35.3 Å². The zero-order valence-electron chi connectivity index (χ0n) is 9.88. The third-order valence-electron chi connectivity index (χ3n) is 3.28. The van der Waals surface area contributed by atoms with E-state index in [1.807, 2.05) is 11.4 Å². The van der Waals surface area contributed by atoms with Gasteiger partial charge in [0.25, 0.3) is 0 Å². The van der Waals surface area contributed by atoms with E-state index >= 15 is 0 Å². The van der Waals surface area contributed by atoms with Gasteiger partial charge in [0.1, 0.15) is 5.78 Å². The lowest BCUT2D eigenvalue weighted by Gasteiger charge is -2.22. The predicted molar refractivity (Wildman–Crippen MR) is 75.6 cm³/mol. The number of piperidine rings is 1. The largest absolute Gasteiger partial charge is 0.316 e. The number of nitrogens with one attached hydrogen (secondary N) is 1. The summed E-state index contributed by atoms with van der Waals surface area (Å²) in [6.07, 6.45) is 4.92. The van der Waals surface area contributed by atoms with Crippen molar-refractivity contribution in [1.82, 2.24) is 5.32 Å². The molecule has 94 valence electrons.